The predicted molar refractivity (Wildman–Crippen MR) is 149 cm³/mol. The van der Waals surface area contributed by atoms with Gasteiger partial charge in [-0.1, -0.05) is 12.8 Å². The van der Waals surface area contributed by atoms with E-state index in [1.165, 1.54) is 7.11 Å². The maximum atomic E-state index is 13.0. The zero-order valence-electron chi connectivity index (χ0n) is 24.4. The number of hydrogen-bond acceptors (Lipinski definition) is 12. The normalized spacial score (nSPS) is 30.1. The van der Waals surface area contributed by atoms with Crippen molar-refractivity contribution in [3.05, 3.63) is 23.5 Å². The summed E-state index contributed by atoms with van der Waals surface area (Å²) in [5.41, 5.74) is -1.22. The van der Waals surface area contributed by atoms with Crippen LogP contribution in [0.3, 0.4) is 0 Å². The summed E-state index contributed by atoms with van der Waals surface area (Å²) in [6.45, 7) is 1.11. The van der Waals surface area contributed by atoms with Gasteiger partial charge in [0.05, 0.1) is 32.0 Å². The summed E-state index contributed by atoms with van der Waals surface area (Å²) in [5, 5.41) is 55.8. The largest absolute Gasteiger partial charge is 0.490 e. The van der Waals surface area contributed by atoms with E-state index in [9.17, 15) is 35.1 Å². The molecule has 43 heavy (non-hydrogen) atoms. The molecule has 13 nitrogen and oxygen atoms in total. The van der Waals surface area contributed by atoms with Crippen LogP contribution >= 0.6 is 0 Å². The number of esters is 1. The van der Waals surface area contributed by atoms with Crippen LogP contribution in [-0.2, 0) is 25.5 Å². The van der Waals surface area contributed by atoms with E-state index in [1.807, 2.05) is 0 Å². The quantitative estimate of drug-likeness (QED) is 0.195. The van der Waals surface area contributed by atoms with Crippen LogP contribution in [0.25, 0.3) is 11.0 Å². The molecule has 13 heteroatoms. The van der Waals surface area contributed by atoms with Crippen molar-refractivity contribution in [2.75, 3.05) is 33.5 Å². The van der Waals surface area contributed by atoms with E-state index in [2.05, 4.69) is 5.32 Å². The molecule has 1 aromatic carbocycles. The van der Waals surface area contributed by atoms with Crippen molar-refractivity contribution in [2.24, 2.45) is 5.41 Å². The molecule has 6 atom stereocenters. The maximum absolute atomic E-state index is 13.0. The van der Waals surface area contributed by atoms with Gasteiger partial charge in [0.2, 0.25) is 17.9 Å². The highest BCUT2D eigenvalue weighted by Crippen LogP contribution is 2.54. The number of aliphatic hydroxyl groups excluding tert-OH is 4. The molecule has 1 saturated carbocycles. The third-order valence-electron chi connectivity index (χ3n) is 9.29. The molecule has 5 rings (SSSR count). The Hall–Kier alpha value is -2.94. The van der Waals surface area contributed by atoms with E-state index in [0.717, 1.165) is 31.2 Å². The molecular formula is C30H41NO12. The van der Waals surface area contributed by atoms with E-state index in [1.54, 1.807) is 19.3 Å². The van der Waals surface area contributed by atoms with Crippen LogP contribution in [0.1, 0.15) is 62.5 Å². The Labute approximate surface area is 248 Å². The number of amides is 1. The highest BCUT2D eigenvalue weighted by Gasteiger charge is 2.56. The minimum atomic E-state index is -2.28. The van der Waals surface area contributed by atoms with Crippen molar-refractivity contribution in [1.29, 1.82) is 0 Å². The SMILES string of the molecule is CCOC(=O)CCc1cc2c([C@@H]3CNC(=O)C34CCCC4)coc2c(OC)c1O[C@H]1O[C@H](CO)[C@@H](O)[C@H](O)[C@]1(O)CCO. The van der Waals surface area contributed by atoms with Gasteiger partial charge >= 0.3 is 5.97 Å². The van der Waals surface area contributed by atoms with Crippen LogP contribution in [0.2, 0.25) is 0 Å². The van der Waals surface area contributed by atoms with Gasteiger partial charge in [-0.2, -0.15) is 0 Å². The first-order valence-electron chi connectivity index (χ1n) is 14.8. The Kier molecular flexibility index (Phi) is 9.21. The fourth-order valence-electron chi connectivity index (χ4n) is 6.98. The Balaban J connectivity index is 1.62. The lowest BCUT2D eigenvalue weighted by atomic mass is 9.72. The lowest BCUT2D eigenvalue weighted by molar-refractivity contribution is -0.323. The minimum absolute atomic E-state index is 0.0213. The van der Waals surface area contributed by atoms with E-state index >= 15 is 0 Å². The first-order valence-corrected chi connectivity index (χ1v) is 14.8. The van der Waals surface area contributed by atoms with Gasteiger partial charge in [-0.15, -0.1) is 0 Å². The van der Waals surface area contributed by atoms with Gasteiger partial charge in [0.25, 0.3) is 0 Å². The third-order valence-corrected chi connectivity index (χ3v) is 9.29. The molecule has 2 aromatic rings. The van der Waals surface area contributed by atoms with Gasteiger partial charge in [0, 0.05) is 42.9 Å². The highest BCUT2D eigenvalue weighted by atomic mass is 16.7. The van der Waals surface area contributed by atoms with Crippen molar-refractivity contribution < 1.29 is 58.5 Å². The standard InChI is InChI=1S/C30H41NO12/c1-3-40-21(34)7-6-16-12-17-18(19-13-31-27(37)29(19)8-4-5-9-29)15-41-24(17)25(39-2)23(16)43-28-30(38,10-11-32)26(36)22(35)20(14-33)42-28/h12,15,19-20,22,26,28,32-33,35-36,38H,3-11,13-14H2,1-2H3,(H,31,37)/t19-,20+,22+,26-,28+,30+/m0/s1. The summed E-state index contributed by atoms with van der Waals surface area (Å²) in [5.74, 6) is -0.387. The van der Waals surface area contributed by atoms with Gasteiger partial charge < -0.3 is 54.2 Å². The average molecular weight is 608 g/mol. The molecule has 2 aliphatic heterocycles. The molecule has 1 spiro atoms. The second-order valence-electron chi connectivity index (χ2n) is 11.6. The number of fused-ring (bicyclic) bond motifs is 1. The number of nitrogens with one attached hydrogen (secondary N) is 1. The number of aliphatic hydroxyl groups is 5. The number of furan rings is 1. The van der Waals surface area contributed by atoms with Crippen molar-refractivity contribution >= 4 is 22.8 Å². The molecule has 3 fully saturated rings. The maximum Gasteiger partial charge on any atom is 0.306 e. The Morgan fingerprint density at radius 2 is 1.93 bits per heavy atom. The molecule has 6 N–H and O–H groups in total. The third kappa shape index (κ3) is 5.36. The number of hydrogen-bond donors (Lipinski definition) is 6. The van der Waals surface area contributed by atoms with Gasteiger partial charge in [0.1, 0.15) is 18.3 Å². The van der Waals surface area contributed by atoms with Gasteiger partial charge in [-0.3, -0.25) is 9.59 Å². The lowest BCUT2D eigenvalue weighted by Gasteiger charge is -2.47. The molecule has 1 aliphatic carbocycles. The summed E-state index contributed by atoms with van der Waals surface area (Å²) in [6.07, 6.45) is -1.73. The van der Waals surface area contributed by atoms with Crippen LogP contribution in [0.15, 0.2) is 16.7 Å². The van der Waals surface area contributed by atoms with Crippen molar-refractivity contribution in [1.82, 2.24) is 5.32 Å². The van der Waals surface area contributed by atoms with E-state index in [-0.39, 0.29) is 42.8 Å². The number of aryl methyl sites for hydroxylation is 1. The summed E-state index contributed by atoms with van der Waals surface area (Å²) in [4.78, 5) is 25.4. The van der Waals surface area contributed by atoms with Crippen molar-refractivity contribution in [2.45, 2.75) is 88.0 Å². The number of ether oxygens (including phenoxy) is 4. The molecular weight excluding hydrogens is 566 g/mol. The molecule has 1 amide bonds. The Morgan fingerprint density at radius 1 is 1.19 bits per heavy atom. The zero-order valence-corrected chi connectivity index (χ0v) is 24.4. The first-order chi connectivity index (χ1) is 20.6. The monoisotopic (exact) mass is 607 g/mol. The molecule has 238 valence electrons. The number of rotatable bonds is 11. The molecule has 0 unspecified atom stereocenters. The predicted octanol–water partition coefficient (Wildman–Crippen LogP) is 0.642. The van der Waals surface area contributed by atoms with Crippen LogP contribution < -0.4 is 14.8 Å². The first kappa shape index (κ1) is 31.5. The Morgan fingerprint density at radius 3 is 2.58 bits per heavy atom. The van der Waals surface area contributed by atoms with Gasteiger partial charge in [-0.25, -0.2) is 0 Å². The van der Waals surface area contributed by atoms with Crippen molar-refractivity contribution in [3.8, 4) is 11.5 Å². The van der Waals surface area contributed by atoms with E-state index in [4.69, 9.17) is 23.4 Å². The second kappa shape index (κ2) is 12.6. The topological polar surface area (TPSA) is 197 Å². The highest BCUT2D eigenvalue weighted by molar-refractivity contribution is 5.93. The number of benzene rings is 1. The average Bonchev–Trinajstić information content (AvgIpc) is 3.72. The summed E-state index contributed by atoms with van der Waals surface area (Å²) < 4.78 is 28.9. The summed E-state index contributed by atoms with van der Waals surface area (Å²) in [6, 6.07) is 1.79. The van der Waals surface area contributed by atoms with Gasteiger partial charge in [0.15, 0.2) is 16.9 Å². The van der Waals surface area contributed by atoms with Crippen LogP contribution in [0.5, 0.6) is 11.5 Å². The minimum Gasteiger partial charge on any atom is -0.490 e. The second-order valence-corrected chi connectivity index (χ2v) is 11.6. The molecule has 3 aliphatic rings. The van der Waals surface area contributed by atoms with Crippen molar-refractivity contribution in [3.63, 3.8) is 0 Å². The molecule has 2 saturated heterocycles. The van der Waals surface area contributed by atoms with Crippen LogP contribution in [0.4, 0.5) is 0 Å². The number of carbonyl (C=O) groups is 2. The molecule has 0 radical (unpaired) electrons. The fourth-order valence-corrected chi connectivity index (χ4v) is 6.98. The van der Waals surface area contributed by atoms with E-state index < -0.39 is 61.2 Å². The van der Waals surface area contributed by atoms with Gasteiger partial charge in [-0.05, 0) is 37.8 Å². The Bertz CT molecular complexity index is 1320. The molecule has 0 bridgehead atoms. The lowest BCUT2D eigenvalue weighted by Crippen LogP contribution is -2.68. The van der Waals surface area contributed by atoms with Crippen LogP contribution in [-0.4, -0.2) is 101 Å². The zero-order chi connectivity index (χ0) is 30.9. The molecule has 3 heterocycles. The van der Waals surface area contributed by atoms with Crippen LogP contribution in [0, 0.1) is 5.41 Å². The number of methoxy groups -OCH3 is 1. The van der Waals surface area contributed by atoms with E-state index in [0.29, 0.717) is 23.1 Å². The number of carbonyl (C=O) groups excluding carboxylic acids is 2. The molecule has 1 aromatic heterocycles. The smallest absolute Gasteiger partial charge is 0.306 e. The summed E-state index contributed by atoms with van der Waals surface area (Å²) >= 11 is 0. The summed E-state index contributed by atoms with van der Waals surface area (Å²) in [7, 11) is 1.40. The fraction of sp³-hybridized carbons (Fsp3) is 0.667.